The van der Waals surface area contributed by atoms with E-state index in [4.69, 9.17) is 0 Å². The average Bonchev–Trinajstić information content (AvgIpc) is 2.38. The van der Waals surface area contributed by atoms with Gasteiger partial charge in [0.05, 0.1) is 5.52 Å². The molecule has 0 fully saturated rings. The van der Waals surface area contributed by atoms with E-state index >= 15 is 0 Å². The summed E-state index contributed by atoms with van der Waals surface area (Å²) in [6.07, 6.45) is 1.77. The van der Waals surface area contributed by atoms with Gasteiger partial charge in [-0.25, -0.2) is 0 Å². The molecule has 0 spiro atoms. The Bertz CT molecular complexity index is 642. The lowest BCUT2D eigenvalue weighted by atomic mass is 10.1. The van der Waals surface area contributed by atoms with Gasteiger partial charge in [-0.1, -0.05) is 13.8 Å². The zero-order chi connectivity index (χ0) is 14.7. The summed E-state index contributed by atoms with van der Waals surface area (Å²) >= 11 is 0. The van der Waals surface area contributed by atoms with E-state index in [1.807, 2.05) is 32.3 Å². The zero-order valence-corrected chi connectivity index (χ0v) is 12.1. The quantitative estimate of drug-likeness (QED) is 0.776. The normalized spacial score (nSPS) is 10.4. The zero-order valence-electron chi connectivity index (χ0n) is 12.1. The van der Waals surface area contributed by atoms with E-state index in [1.54, 1.807) is 13.1 Å². The number of fused-ring (bicyclic) bond motifs is 1. The van der Waals surface area contributed by atoms with Gasteiger partial charge in [0.15, 0.2) is 16.9 Å². The van der Waals surface area contributed by atoms with Crippen molar-refractivity contribution in [3.63, 3.8) is 0 Å². The van der Waals surface area contributed by atoms with Crippen LogP contribution in [0.1, 0.15) is 39.3 Å². The maximum atomic E-state index is 12.0. The number of benzene rings is 1. The van der Waals surface area contributed by atoms with Crippen LogP contribution in [-0.4, -0.2) is 14.8 Å². The van der Waals surface area contributed by atoms with Crippen molar-refractivity contribution < 1.29 is 10.2 Å². The van der Waals surface area contributed by atoms with E-state index in [-0.39, 0.29) is 23.0 Å². The first-order valence-corrected chi connectivity index (χ1v) is 6.49. The summed E-state index contributed by atoms with van der Waals surface area (Å²) in [4.78, 5) is 12.0. The van der Waals surface area contributed by atoms with Crippen molar-refractivity contribution in [2.45, 2.75) is 40.7 Å². The van der Waals surface area contributed by atoms with Crippen LogP contribution in [0.25, 0.3) is 10.9 Å². The number of pyridine rings is 1. The van der Waals surface area contributed by atoms with E-state index in [0.717, 1.165) is 0 Å². The highest BCUT2D eigenvalue weighted by Gasteiger charge is 2.11. The smallest absolute Gasteiger partial charge is 0.192 e. The molecule has 0 saturated carbocycles. The highest BCUT2D eigenvalue weighted by molar-refractivity contribution is 5.83. The lowest BCUT2D eigenvalue weighted by Gasteiger charge is -2.16. The Morgan fingerprint density at radius 2 is 1.63 bits per heavy atom. The van der Waals surface area contributed by atoms with Crippen molar-refractivity contribution in [3.05, 3.63) is 34.1 Å². The monoisotopic (exact) mass is 263 g/mol. The number of nitrogens with zero attached hydrogens (tertiary/aromatic N) is 1. The number of phenolic OH excluding ortho intramolecular Hbond substituents is 2. The van der Waals surface area contributed by atoms with Gasteiger partial charge in [0.2, 0.25) is 0 Å². The van der Waals surface area contributed by atoms with Crippen molar-refractivity contribution in [3.8, 4) is 11.5 Å². The molecule has 4 nitrogen and oxygen atoms in total. The largest absolute Gasteiger partial charge is 0.504 e. The van der Waals surface area contributed by atoms with E-state index in [2.05, 4.69) is 0 Å². The molecule has 0 aliphatic carbocycles. The van der Waals surface area contributed by atoms with Crippen LogP contribution in [0.2, 0.25) is 0 Å². The number of rotatable bonds is 1. The second kappa shape index (κ2) is 5.78. The summed E-state index contributed by atoms with van der Waals surface area (Å²) in [6, 6.07) is 2.91. The molecule has 4 heteroatoms. The molecule has 0 amide bonds. The first-order chi connectivity index (χ1) is 8.91. The fourth-order valence-corrected chi connectivity index (χ4v) is 1.94. The van der Waals surface area contributed by atoms with E-state index in [1.165, 1.54) is 12.1 Å². The Labute approximate surface area is 112 Å². The minimum Gasteiger partial charge on any atom is -0.504 e. The van der Waals surface area contributed by atoms with Crippen molar-refractivity contribution in [2.75, 3.05) is 0 Å². The Kier molecular flexibility index (Phi) is 4.59. The number of aromatic hydroxyl groups is 2. The van der Waals surface area contributed by atoms with Gasteiger partial charge < -0.3 is 14.8 Å². The number of aromatic nitrogens is 1. The van der Waals surface area contributed by atoms with Gasteiger partial charge in [0, 0.05) is 29.3 Å². The second-order valence-electron chi connectivity index (χ2n) is 4.50. The topological polar surface area (TPSA) is 62.5 Å². The van der Waals surface area contributed by atoms with Crippen LogP contribution in [0.4, 0.5) is 0 Å². The lowest BCUT2D eigenvalue weighted by molar-refractivity contribution is 0.404. The minimum absolute atomic E-state index is 0.118. The van der Waals surface area contributed by atoms with Gasteiger partial charge in [-0.15, -0.1) is 0 Å². The maximum Gasteiger partial charge on any atom is 0.192 e. The van der Waals surface area contributed by atoms with Crippen LogP contribution in [0.5, 0.6) is 11.5 Å². The fraction of sp³-hybridized carbons (Fsp3) is 0.400. The first-order valence-electron chi connectivity index (χ1n) is 6.49. The van der Waals surface area contributed by atoms with E-state index in [0.29, 0.717) is 16.5 Å². The summed E-state index contributed by atoms with van der Waals surface area (Å²) in [5, 5.41) is 19.4. The van der Waals surface area contributed by atoms with Gasteiger partial charge in [0.25, 0.3) is 0 Å². The second-order valence-corrected chi connectivity index (χ2v) is 4.50. The first kappa shape index (κ1) is 15.1. The van der Waals surface area contributed by atoms with Crippen molar-refractivity contribution >= 4 is 10.9 Å². The Hall–Kier alpha value is -1.97. The summed E-state index contributed by atoms with van der Waals surface area (Å²) < 4.78 is 1.91. The highest BCUT2D eigenvalue weighted by Crippen LogP contribution is 2.29. The Morgan fingerprint density at radius 1 is 1.11 bits per heavy atom. The molecular formula is C15H21NO3. The van der Waals surface area contributed by atoms with E-state index in [9.17, 15) is 15.0 Å². The molecule has 0 atom stereocenters. The number of hydrogen-bond donors (Lipinski definition) is 2. The number of hydrogen-bond acceptors (Lipinski definition) is 3. The molecule has 104 valence electrons. The van der Waals surface area contributed by atoms with Gasteiger partial charge in [-0.3, -0.25) is 4.79 Å². The highest BCUT2D eigenvalue weighted by atomic mass is 16.3. The molecule has 2 aromatic rings. The standard InChI is InChI=1S/C13H15NO3.C2H6/c1-7(2)14-6-8(3)13(17)9-4-11(15)12(16)5-10(9)14;1-2/h4-7,15-16H,1-3H3;1-2H3. The molecule has 0 radical (unpaired) electrons. The summed E-state index contributed by atoms with van der Waals surface area (Å²) in [5.74, 6) is -0.481. The van der Waals surface area contributed by atoms with E-state index < -0.39 is 0 Å². The molecule has 0 aliphatic heterocycles. The minimum atomic E-state index is -0.268. The van der Waals surface area contributed by atoms with Crippen LogP contribution in [0, 0.1) is 6.92 Å². The van der Waals surface area contributed by atoms with Gasteiger partial charge in [0.1, 0.15) is 0 Å². The van der Waals surface area contributed by atoms with Crippen LogP contribution in [0.3, 0.4) is 0 Å². The van der Waals surface area contributed by atoms with Gasteiger partial charge in [-0.05, 0) is 26.8 Å². The molecule has 0 saturated heterocycles. The third kappa shape index (κ3) is 2.72. The Balaban J connectivity index is 0.000000861. The molecular weight excluding hydrogens is 242 g/mol. The molecule has 1 aromatic carbocycles. The maximum absolute atomic E-state index is 12.0. The van der Waals surface area contributed by atoms with Crippen LogP contribution in [0.15, 0.2) is 23.1 Å². The van der Waals surface area contributed by atoms with Crippen LogP contribution < -0.4 is 5.43 Å². The predicted octanol–water partition coefficient (Wildman–Crippen LogP) is 3.33. The molecule has 1 aromatic heterocycles. The van der Waals surface area contributed by atoms with Gasteiger partial charge in [-0.2, -0.15) is 0 Å². The Morgan fingerprint density at radius 3 is 2.16 bits per heavy atom. The number of aryl methyl sites for hydroxylation is 1. The van der Waals surface area contributed by atoms with Crippen molar-refractivity contribution in [1.82, 2.24) is 4.57 Å². The average molecular weight is 263 g/mol. The molecule has 0 aliphatic rings. The lowest BCUT2D eigenvalue weighted by Crippen LogP contribution is -2.13. The third-order valence-electron chi connectivity index (χ3n) is 2.86. The SMILES string of the molecule is CC.Cc1cn(C(C)C)c2cc(O)c(O)cc2c1=O. The van der Waals surface area contributed by atoms with Gasteiger partial charge >= 0.3 is 0 Å². The summed E-state index contributed by atoms with van der Waals surface area (Å²) in [6.45, 7) is 9.73. The van der Waals surface area contributed by atoms with Crippen molar-refractivity contribution in [2.24, 2.45) is 0 Å². The summed E-state index contributed by atoms with van der Waals surface area (Å²) in [7, 11) is 0. The molecule has 2 N–H and O–H groups in total. The predicted molar refractivity (Wildman–Crippen MR) is 78.0 cm³/mol. The van der Waals surface area contributed by atoms with Crippen LogP contribution >= 0.6 is 0 Å². The third-order valence-corrected chi connectivity index (χ3v) is 2.86. The molecule has 0 unspecified atom stereocenters. The molecule has 2 rings (SSSR count). The van der Waals surface area contributed by atoms with Crippen molar-refractivity contribution in [1.29, 1.82) is 0 Å². The summed E-state index contributed by atoms with van der Waals surface area (Å²) in [5.41, 5.74) is 1.13. The molecule has 1 heterocycles. The fourth-order valence-electron chi connectivity index (χ4n) is 1.94. The number of phenols is 2. The molecule has 19 heavy (non-hydrogen) atoms. The van der Waals surface area contributed by atoms with Crippen LogP contribution in [-0.2, 0) is 0 Å². The molecule has 0 bridgehead atoms.